The highest BCUT2D eigenvalue weighted by atomic mass is 35.5. The van der Waals surface area contributed by atoms with Crippen molar-refractivity contribution < 1.29 is 21.6 Å². The molecule has 2 aromatic carbocycles. The fraction of sp³-hybridized carbons (Fsp3) is 0.350. The third kappa shape index (κ3) is 5.97. The van der Waals surface area contributed by atoms with Crippen LogP contribution in [0.15, 0.2) is 47.4 Å². The van der Waals surface area contributed by atoms with Crippen LogP contribution in [0.5, 0.6) is 0 Å². The molecule has 0 saturated carbocycles. The van der Waals surface area contributed by atoms with E-state index in [9.17, 15) is 21.6 Å². The van der Waals surface area contributed by atoms with Crippen molar-refractivity contribution >= 4 is 48.9 Å². The van der Waals surface area contributed by atoms with E-state index in [0.29, 0.717) is 35.1 Å². The van der Waals surface area contributed by atoms with Crippen LogP contribution in [-0.4, -0.2) is 52.9 Å². The zero-order valence-corrected chi connectivity index (χ0v) is 20.2. The molecule has 0 aliphatic heterocycles. The SMILES string of the molecule is CCN(CC)S(=O)(=O)c1ccc(NC(=O)CN(c2cccc(Cl)c2C)S(C)(=O)=O)cc1. The Labute approximate surface area is 188 Å². The van der Waals surface area contributed by atoms with Gasteiger partial charge in [0.1, 0.15) is 6.54 Å². The largest absolute Gasteiger partial charge is 0.325 e. The van der Waals surface area contributed by atoms with Gasteiger partial charge in [0.05, 0.1) is 16.8 Å². The Hall–Kier alpha value is -2.14. The Bertz CT molecular complexity index is 1150. The molecule has 2 aromatic rings. The minimum atomic E-state index is -3.76. The predicted molar refractivity (Wildman–Crippen MR) is 124 cm³/mol. The smallest absolute Gasteiger partial charge is 0.245 e. The third-order valence-electron chi connectivity index (χ3n) is 4.68. The molecule has 0 aliphatic rings. The number of carbonyl (C=O) groups excluding carboxylic acids is 1. The first-order chi connectivity index (χ1) is 14.4. The second kappa shape index (κ2) is 9.99. The maximum absolute atomic E-state index is 12.6. The second-order valence-electron chi connectivity index (χ2n) is 6.82. The zero-order chi connectivity index (χ0) is 23.4. The van der Waals surface area contributed by atoms with Crippen molar-refractivity contribution in [2.45, 2.75) is 25.7 Å². The van der Waals surface area contributed by atoms with E-state index in [0.717, 1.165) is 10.6 Å². The molecule has 0 fully saturated rings. The summed E-state index contributed by atoms with van der Waals surface area (Å²) >= 11 is 6.09. The van der Waals surface area contributed by atoms with Gasteiger partial charge in [-0.05, 0) is 48.9 Å². The molecule has 170 valence electrons. The summed E-state index contributed by atoms with van der Waals surface area (Å²) in [6.07, 6.45) is 1.01. The van der Waals surface area contributed by atoms with Gasteiger partial charge in [0.2, 0.25) is 26.0 Å². The highest BCUT2D eigenvalue weighted by Gasteiger charge is 2.24. The van der Waals surface area contributed by atoms with Crippen LogP contribution in [0.4, 0.5) is 11.4 Å². The number of anilines is 2. The van der Waals surface area contributed by atoms with Gasteiger partial charge in [-0.15, -0.1) is 0 Å². The lowest BCUT2D eigenvalue weighted by molar-refractivity contribution is -0.114. The number of rotatable bonds is 9. The van der Waals surface area contributed by atoms with Crippen molar-refractivity contribution in [3.63, 3.8) is 0 Å². The number of hydrogen-bond acceptors (Lipinski definition) is 5. The van der Waals surface area contributed by atoms with Crippen LogP contribution in [0.2, 0.25) is 5.02 Å². The number of nitrogens with zero attached hydrogens (tertiary/aromatic N) is 2. The first-order valence-corrected chi connectivity index (χ1v) is 13.2. The zero-order valence-electron chi connectivity index (χ0n) is 17.8. The van der Waals surface area contributed by atoms with Gasteiger partial charge in [-0.2, -0.15) is 4.31 Å². The van der Waals surface area contributed by atoms with E-state index in [1.165, 1.54) is 28.6 Å². The standard InChI is InChI=1S/C20H26ClN3O5S2/c1-5-23(6-2)31(28,29)17-12-10-16(11-13-17)22-20(25)14-24(30(4,26)27)19-9-7-8-18(21)15(19)3/h7-13H,5-6,14H2,1-4H3,(H,22,25). The summed E-state index contributed by atoms with van der Waals surface area (Å²) in [6, 6.07) is 10.5. The lowest BCUT2D eigenvalue weighted by Crippen LogP contribution is -2.37. The lowest BCUT2D eigenvalue weighted by Gasteiger charge is -2.24. The van der Waals surface area contributed by atoms with E-state index in [-0.39, 0.29) is 4.90 Å². The van der Waals surface area contributed by atoms with Gasteiger partial charge in [-0.3, -0.25) is 9.10 Å². The average molecular weight is 488 g/mol. The molecule has 0 heterocycles. The lowest BCUT2D eigenvalue weighted by atomic mass is 10.2. The van der Waals surface area contributed by atoms with Crippen LogP contribution >= 0.6 is 11.6 Å². The molecule has 0 spiro atoms. The minimum Gasteiger partial charge on any atom is -0.325 e. The molecule has 1 N–H and O–H groups in total. The summed E-state index contributed by atoms with van der Waals surface area (Å²) in [7, 11) is -7.37. The van der Waals surface area contributed by atoms with E-state index in [1.54, 1.807) is 39.0 Å². The summed E-state index contributed by atoms with van der Waals surface area (Å²) in [4.78, 5) is 12.7. The van der Waals surface area contributed by atoms with Gasteiger partial charge >= 0.3 is 0 Å². The Balaban J connectivity index is 2.21. The fourth-order valence-corrected chi connectivity index (χ4v) is 5.54. The molecular weight excluding hydrogens is 462 g/mol. The molecule has 11 heteroatoms. The maximum atomic E-state index is 12.6. The quantitative estimate of drug-likeness (QED) is 0.585. The highest BCUT2D eigenvalue weighted by Crippen LogP contribution is 2.28. The van der Waals surface area contributed by atoms with Crippen molar-refractivity contribution in [3.05, 3.63) is 53.1 Å². The van der Waals surface area contributed by atoms with E-state index in [1.807, 2.05) is 0 Å². The number of sulfonamides is 2. The third-order valence-corrected chi connectivity index (χ3v) is 8.28. The number of amides is 1. The molecule has 8 nitrogen and oxygen atoms in total. The summed E-state index contributed by atoms with van der Waals surface area (Å²) < 4.78 is 52.0. The molecule has 31 heavy (non-hydrogen) atoms. The number of hydrogen-bond donors (Lipinski definition) is 1. The van der Waals surface area contributed by atoms with Crippen molar-refractivity contribution in [1.29, 1.82) is 0 Å². The summed E-state index contributed by atoms with van der Waals surface area (Å²) in [5, 5.41) is 2.98. The normalized spacial score (nSPS) is 12.1. The van der Waals surface area contributed by atoms with Crippen molar-refractivity contribution in [1.82, 2.24) is 4.31 Å². The van der Waals surface area contributed by atoms with Crippen LogP contribution in [0.3, 0.4) is 0 Å². The molecule has 0 bridgehead atoms. The average Bonchev–Trinajstić information content (AvgIpc) is 2.69. The Morgan fingerprint density at radius 1 is 1.00 bits per heavy atom. The molecule has 0 saturated heterocycles. The molecule has 1 amide bonds. The Morgan fingerprint density at radius 3 is 2.10 bits per heavy atom. The van der Waals surface area contributed by atoms with Crippen LogP contribution in [0, 0.1) is 6.92 Å². The van der Waals surface area contributed by atoms with Crippen molar-refractivity contribution in [2.24, 2.45) is 0 Å². The fourth-order valence-electron chi connectivity index (χ4n) is 3.00. The number of benzene rings is 2. The molecule has 0 atom stereocenters. The second-order valence-corrected chi connectivity index (χ2v) is 11.1. The summed E-state index contributed by atoms with van der Waals surface area (Å²) in [5.41, 5.74) is 1.19. The van der Waals surface area contributed by atoms with E-state index in [2.05, 4.69) is 5.32 Å². The highest BCUT2D eigenvalue weighted by molar-refractivity contribution is 7.92. The number of halogens is 1. The minimum absolute atomic E-state index is 0.113. The van der Waals surface area contributed by atoms with Crippen LogP contribution in [0.1, 0.15) is 19.4 Å². The van der Waals surface area contributed by atoms with Gasteiger partial charge in [-0.25, -0.2) is 16.8 Å². The number of nitrogens with one attached hydrogen (secondary N) is 1. The van der Waals surface area contributed by atoms with Gasteiger partial charge in [0, 0.05) is 23.8 Å². The van der Waals surface area contributed by atoms with Gasteiger partial charge in [0.15, 0.2) is 0 Å². The summed E-state index contributed by atoms with van der Waals surface area (Å²) in [5.74, 6) is -0.579. The molecule has 0 aliphatic carbocycles. The van der Waals surface area contributed by atoms with Crippen LogP contribution in [-0.2, 0) is 24.8 Å². The van der Waals surface area contributed by atoms with Gasteiger partial charge < -0.3 is 5.32 Å². The van der Waals surface area contributed by atoms with Crippen LogP contribution < -0.4 is 9.62 Å². The number of carbonyl (C=O) groups is 1. The van der Waals surface area contributed by atoms with Gasteiger partial charge in [0.25, 0.3) is 0 Å². The monoisotopic (exact) mass is 487 g/mol. The first-order valence-electron chi connectivity index (χ1n) is 9.54. The molecular formula is C20H26ClN3O5S2. The van der Waals surface area contributed by atoms with Gasteiger partial charge in [-0.1, -0.05) is 31.5 Å². The Morgan fingerprint density at radius 2 is 1.58 bits per heavy atom. The van der Waals surface area contributed by atoms with E-state index < -0.39 is 32.5 Å². The Kier molecular flexibility index (Phi) is 8.09. The molecule has 0 aromatic heterocycles. The topological polar surface area (TPSA) is 104 Å². The van der Waals surface area contributed by atoms with Crippen LogP contribution in [0.25, 0.3) is 0 Å². The maximum Gasteiger partial charge on any atom is 0.245 e. The summed E-state index contributed by atoms with van der Waals surface area (Å²) in [6.45, 7) is 5.42. The van der Waals surface area contributed by atoms with Crippen molar-refractivity contribution in [3.8, 4) is 0 Å². The van der Waals surface area contributed by atoms with E-state index >= 15 is 0 Å². The molecule has 0 unspecified atom stereocenters. The first kappa shape index (κ1) is 25.1. The van der Waals surface area contributed by atoms with Crippen molar-refractivity contribution in [2.75, 3.05) is 35.5 Å². The molecule has 2 rings (SSSR count). The van der Waals surface area contributed by atoms with E-state index in [4.69, 9.17) is 11.6 Å². The predicted octanol–water partition coefficient (Wildman–Crippen LogP) is 3.08. The molecule has 0 radical (unpaired) electrons.